The average Bonchev–Trinajstić information content (AvgIpc) is 3.33. The van der Waals surface area contributed by atoms with Crippen molar-refractivity contribution in [2.75, 3.05) is 7.11 Å². The number of aromatic nitrogens is 2. The molecule has 1 heterocycles. The summed E-state index contributed by atoms with van der Waals surface area (Å²) >= 11 is 6.83. The van der Waals surface area contributed by atoms with Crippen molar-refractivity contribution < 1.29 is 14.3 Å². The van der Waals surface area contributed by atoms with Gasteiger partial charge in [0, 0.05) is 13.0 Å². The summed E-state index contributed by atoms with van der Waals surface area (Å²) in [7, 11) is 1.37. The number of halogens is 1. The fourth-order valence-corrected chi connectivity index (χ4v) is 5.83. The predicted octanol–water partition coefficient (Wildman–Crippen LogP) is 6.22. The first kappa shape index (κ1) is 29.0. The molecule has 1 aromatic heterocycles. The number of esters is 1. The molecule has 7 nitrogen and oxygen atoms in total. The molecule has 0 bridgehead atoms. The molecule has 5 aromatic rings. The average molecular weight is 581 g/mol. The third-order valence-corrected chi connectivity index (χ3v) is 7.94. The van der Waals surface area contributed by atoms with Crippen LogP contribution in [-0.4, -0.2) is 28.5 Å². The van der Waals surface area contributed by atoms with E-state index in [9.17, 15) is 9.59 Å². The first-order valence-corrected chi connectivity index (χ1v) is 14.3. The molecule has 1 unspecified atom stereocenters. The number of hydrogen-bond donors (Lipinski definition) is 2. The highest BCUT2D eigenvalue weighted by Gasteiger charge is 2.43. The zero-order chi connectivity index (χ0) is 29.9. The van der Waals surface area contributed by atoms with Crippen LogP contribution in [0.5, 0.6) is 0 Å². The van der Waals surface area contributed by atoms with Gasteiger partial charge in [0.25, 0.3) is 0 Å². The van der Waals surface area contributed by atoms with Crippen molar-refractivity contribution in [2.45, 2.75) is 38.3 Å². The van der Waals surface area contributed by atoms with Crippen LogP contribution in [0.3, 0.4) is 0 Å². The quantitative estimate of drug-likeness (QED) is 0.190. The van der Waals surface area contributed by atoms with Crippen LogP contribution >= 0.6 is 11.6 Å². The SMILES string of the molecule is CCCCc1nc(Cl)c(C(N)(C(N)=O)c2cccc3ccccc23)n1Cc1ccc(-c2ccccc2C(=O)OC)cc1. The molecule has 0 aliphatic rings. The molecule has 0 saturated heterocycles. The minimum Gasteiger partial charge on any atom is -0.465 e. The summed E-state index contributed by atoms with van der Waals surface area (Å²) in [5.41, 5.74) is 15.4. The molecule has 42 heavy (non-hydrogen) atoms. The number of hydrogen-bond acceptors (Lipinski definition) is 5. The van der Waals surface area contributed by atoms with E-state index in [1.807, 2.05) is 83.4 Å². The van der Waals surface area contributed by atoms with Gasteiger partial charge in [0.1, 0.15) is 5.82 Å². The van der Waals surface area contributed by atoms with Crippen LogP contribution in [0.4, 0.5) is 0 Å². The van der Waals surface area contributed by atoms with Gasteiger partial charge in [-0.25, -0.2) is 9.78 Å². The lowest BCUT2D eigenvalue weighted by Gasteiger charge is -2.30. The van der Waals surface area contributed by atoms with Gasteiger partial charge in [-0.2, -0.15) is 0 Å². The van der Waals surface area contributed by atoms with Crippen molar-refractivity contribution in [3.05, 3.63) is 124 Å². The maximum absolute atomic E-state index is 13.3. The number of nitrogens with zero attached hydrogens (tertiary/aromatic N) is 2. The molecule has 0 spiro atoms. The molecule has 1 amide bonds. The number of rotatable bonds is 10. The topological polar surface area (TPSA) is 113 Å². The van der Waals surface area contributed by atoms with Crippen molar-refractivity contribution in [2.24, 2.45) is 11.5 Å². The van der Waals surface area contributed by atoms with Crippen LogP contribution in [0.1, 0.15) is 52.8 Å². The van der Waals surface area contributed by atoms with E-state index in [0.29, 0.717) is 29.8 Å². The number of primary amides is 1. The number of nitrogens with two attached hydrogens (primary N) is 2. The molecule has 1 atom stereocenters. The Morgan fingerprint density at radius 2 is 1.64 bits per heavy atom. The lowest BCUT2D eigenvalue weighted by atomic mass is 9.83. The van der Waals surface area contributed by atoms with Crippen molar-refractivity contribution in [1.29, 1.82) is 0 Å². The molecule has 5 rings (SSSR count). The summed E-state index contributed by atoms with van der Waals surface area (Å²) in [6, 6.07) is 28.5. The minimum atomic E-state index is -1.74. The zero-order valence-electron chi connectivity index (χ0n) is 23.6. The van der Waals surface area contributed by atoms with Gasteiger partial charge in [-0.15, -0.1) is 0 Å². The Hall–Kier alpha value is -4.46. The van der Waals surface area contributed by atoms with Crippen LogP contribution in [-0.2, 0) is 28.0 Å². The highest BCUT2D eigenvalue weighted by atomic mass is 35.5. The van der Waals surface area contributed by atoms with Gasteiger partial charge in [-0.1, -0.05) is 110 Å². The van der Waals surface area contributed by atoms with Crippen LogP contribution in [0.2, 0.25) is 5.15 Å². The van der Waals surface area contributed by atoms with E-state index in [2.05, 4.69) is 6.92 Å². The molecular formula is C34H33ClN4O3. The third-order valence-electron chi connectivity index (χ3n) is 7.67. The molecule has 0 aliphatic heterocycles. The molecule has 4 aromatic carbocycles. The monoisotopic (exact) mass is 580 g/mol. The van der Waals surface area contributed by atoms with E-state index in [1.54, 1.807) is 12.1 Å². The number of carbonyl (C=O) groups excluding carboxylic acids is 2. The normalized spacial score (nSPS) is 12.7. The van der Waals surface area contributed by atoms with E-state index < -0.39 is 17.4 Å². The van der Waals surface area contributed by atoms with E-state index in [1.165, 1.54) is 7.11 Å². The standard InChI is InChI=1S/C34H33ClN4O3/c1-3-4-16-29-38-31(35)30(34(37,33(36)41)28-15-9-11-23-10-5-6-13-26(23)28)39(29)21-22-17-19-24(20-18-22)25-12-7-8-14-27(25)32(40)42-2/h5-15,17-20H,3-4,16,21,37H2,1-2H3,(H2,36,41). The number of unbranched alkanes of at least 4 members (excludes halogenated alkanes) is 1. The fraction of sp³-hybridized carbons (Fsp3) is 0.206. The maximum atomic E-state index is 13.3. The number of benzene rings is 4. The van der Waals surface area contributed by atoms with Gasteiger partial charge < -0.3 is 20.8 Å². The van der Waals surface area contributed by atoms with Gasteiger partial charge >= 0.3 is 5.97 Å². The summed E-state index contributed by atoms with van der Waals surface area (Å²) < 4.78 is 6.90. The summed E-state index contributed by atoms with van der Waals surface area (Å²) in [5, 5.41) is 1.90. The zero-order valence-corrected chi connectivity index (χ0v) is 24.4. The molecule has 0 radical (unpaired) electrons. The smallest absolute Gasteiger partial charge is 0.338 e. The molecule has 0 aliphatic carbocycles. The van der Waals surface area contributed by atoms with E-state index in [4.69, 9.17) is 32.8 Å². The Balaban J connectivity index is 1.62. The molecule has 4 N–H and O–H groups in total. The number of methoxy groups -OCH3 is 1. The van der Waals surface area contributed by atoms with E-state index in [0.717, 1.165) is 46.1 Å². The summed E-state index contributed by atoms with van der Waals surface area (Å²) in [5.74, 6) is -0.390. The Morgan fingerprint density at radius 1 is 0.952 bits per heavy atom. The van der Waals surface area contributed by atoms with Crippen molar-refractivity contribution in [1.82, 2.24) is 9.55 Å². The molecular weight excluding hydrogens is 548 g/mol. The van der Waals surface area contributed by atoms with E-state index in [-0.39, 0.29) is 5.15 Å². The van der Waals surface area contributed by atoms with Crippen LogP contribution in [0, 0.1) is 0 Å². The van der Waals surface area contributed by atoms with Gasteiger partial charge in [0.2, 0.25) is 5.91 Å². The Kier molecular flexibility index (Phi) is 8.43. The maximum Gasteiger partial charge on any atom is 0.338 e. The van der Waals surface area contributed by atoms with Gasteiger partial charge in [0.05, 0.1) is 18.4 Å². The number of aryl methyl sites for hydroxylation is 1. The first-order valence-electron chi connectivity index (χ1n) is 13.9. The number of fused-ring (bicyclic) bond motifs is 1. The second kappa shape index (κ2) is 12.2. The first-order chi connectivity index (χ1) is 20.3. The second-order valence-corrected chi connectivity index (χ2v) is 10.6. The highest BCUT2D eigenvalue weighted by molar-refractivity contribution is 6.30. The molecule has 214 valence electrons. The summed E-state index contributed by atoms with van der Waals surface area (Å²) in [4.78, 5) is 30.3. The number of ether oxygens (including phenoxy) is 1. The fourth-order valence-electron chi connectivity index (χ4n) is 5.48. The van der Waals surface area contributed by atoms with Gasteiger partial charge in [-0.05, 0) is 45.5 Å². The predicted molar refractivity (Wildman–Crippen MR) is 166 cm³/mol. The summed E-state index contributed by atoms with van der Waals surface area (Å²) in [6.45, 7) is 2.47. The van der Waals surface area contributed by atoms with Crippen LogP contribution < -0.4 is 11.5 Å². The third kappa shape index (κ3) is 5.29. The Bertz CT molecular complexity index is 1760. The lowest BCUT2D eigenvalue weighted by molar-refractivity contribution is -0.122. The van der Waals surface area contributed by atoms with Crippen molar-refractivity contribution >= 4 is 34.2 Å². The van der Waals surface area contributed by atoms with E-state index >= 15 is 0 Å². The number of imidazole rings is 1. The Morgan fingerprint density at radius 3 is 2.36 bits per heavy atom. The summed E-state index contributed by atoms with van der Waals surface area (Å²) in [6.07, 6.45) is 2.50. The number of carbonyl (C=O) groups is 2. The number of amides is 1. The van der Waals surface area contributed by atoms with Gasteiger partial charge in [-0.3, -0.25) is 4.79 Å². The highest BCUT2D eigenvalue weighted by Crippen LogP contribution is 2.37. The van der Waals surface area contributed by atoms with Crippen LogP contribution in [0.25, 0.3) is 21.9 Å². The second-order valence-electron chi connectivity index (χ2n) is 10.3. The lowest BCUT2D eigenvalue weighted by Crippen LogP contribution is -2.51. The van der Waals surface area contributed by atoms with Crippen LogP contribution in [0.15, 0.2) is 91.0 Å². The molecule has 0 saturated carbocycles. The Labute approximate surface area is 250 Å². The van der Waals surface area contributed by atoms with Crippen molar-refractivity contribution in [3.8, 4) is 11.1 Å². The van der Waals surface area contributed by atoms with Gasteiger partial charge in [0.15, 0.2) is 10.7 Å². The molecule has 0 fully saturated rings. The molecule has 8 heteroatoms. The van der Waals surface area contributed by atoms with Crippen molar-refractivity contribution in [3.63, 3.8) is 0 Å². The largest absolute Gasteiger partial charge is 0.465 e. The minimum absolute atomic E-state index is 0.152.